The Morgan fingerprint density at radius 3 is 3.00 bits per heavy atom. The van der Waals surface area contributed by atoms with E-state index in [0.29, 0.717) is 6.54 Å². The van der Waals surface area contributed by atoms with Crippen LogP contribution in [0, 0.1) is 18.2 Å². The Labute approximate surface area is 90.2 Å². The normalized spacial score (nSPS) is 10.8. The molecule has 1 rings (SSSR count). The quantitative estimate of drug-likeness (QED) is 0.679. The van der Waals surface area contributed by atoms with Crippen LogP contribution in [-0.2, 0) is 0 Å². The van der Waals surface area contributed by atoms with Gasteiger partial charge in [0.1, 0.15) is 5.82 Å². The van der Waals surface area contributed by atoms with Gasteiger partial charge in [-0.1, -0.05) is 30.2 Å². The zero-order valence-corrected chi connectivity index (χ0v) is 8.78. The smallest absolute Gasteiger partial charge is 0.123 e. The van der Waals surface area contributed by atoms with Crippen molar-refractivity contribution in [2.45, 2.75) is 0 Å². The first kappa shape index (κ1) is 11.5. The Bertz CT molecular complexity index is 376. The van der Waals surface area contributed by atoms with Crippen molar-refractivity contribution in [1.29, 1.82) is 0 Å². The number of halogens is 1. The minimum absolute atomic E-state index is 0.214. The SMILES string of the molecule is C#CCN(C)C/C=C/c1cccc(F)c1. The molecule has 15 heavy (non-hydrogen) atoms. The summed E-state index contributed by atoms with van der Waals surface area (Å²) in [7, 11) is 1.94. The lowest BCUT2D eigenvalue weighted by molar-refractivity contribution is 0.420. The van der Waals surface area contributed by atoms with Crippen molar-refractivity contribution < 1.29 is 4.39 Å². The molecule has 0 radical (unpaired) electrons. The number of rotatable bonds is 4. The highest BCUT2D eigenvalue weighted by Gasteiger charge is 1.92. The topological polar surface area (TPSA) is 3.24 Å². The van der Waals surface area contributed by atoms with Gasteiger partial charge in [0, 0.05) is 6.54 Å². The lowest BCUT2D eigenvalue weighted by atomic mass is 10.2. The van der Waals surface area contributed by atoms with Crippen molar-refractivity contribution in [3.8, 4) is 12.3 Å². The van der Waals surface area contributed by atoms with Gasteiger partial charge in [0.2, 0.25) is 0 Å². The van der Waals surface area contributed by atoms with Crippen LogP contribution in [0.2, 0.25) is 0 Å². The van der Waals surface area contributed by atoms with Gasteiger partial charge < -0.3 is 0 Å². The maximum absolute atomic E-state index is 12.8. The Morgan fingerprint density at radius 1 is 1.53 bits per heavy atom. The summed E-state index contributed by atoms with van der Waals surface area (Å²) in [5.74, 6) is 2.34. The standard InChI is InChI=1S/C13H14FN/c1-3-9-15(2)10-5-7-12-6-4-8-13(14)11-12/h1,4-8,11H,9-10H2,2H3/b7-5+. The Balaban J connectivity index is 2.48. The minimum atomic E-state index is -0.214. The maximum Gasteiger partial charge on any atom is 0.123 e. The third-order valence-corrected chi connectivity index (χ3v) is 1.94. The van der Waals surface area contributed by atoms with E-state index in [1.165, 1.54) is 12.1 Å². The van der Waals surface area contributed by atoms with Crippen molar-refractivity contribution in [2.24, 2.45) is 0 Å². The summed E-state index contributed by atoms with van der Waals surface area (Å²) < 4.78 is 12.8. The second-order valence-electron chi connectivity index (χ2n) is 3.36. The van der Waals surface area contributed by atoms with Gasteiger partial charge in [-0.25, -0.2) is 4.39 Å². The first-order valence-corrected chi connectivity index (χ1v) is 4.76. The molecule has 0 amide bonds. The molecule has 0 aliphatic rings. The van der Waals surface area contributed by atoms with Gasteiger partial charge in [-0.3, -0.25) is 4.90 Å². The van der Waals surface area contributed by atoms with Crippen LogP contribution < -0.4 is 0 Å². The molecule has 78 valence electrons. The van der Waals surface area contributed by atoms with Gasteiger partial charge in [-0.05, 0) is 24.7 Å². The van der Waals surface area contributed by atoms with Gasteiger partial charge in [0.05, 0.1) is 6.54 Å². The van der Waals surface area contributed by atoms with Crippen LogP contribution in [-0.4, -0.2) is 25.0 Å². The predicted octanol–water partition coefficient (Wildman–Crippen LogP) is 2.40. The van der Waals surface area contributed by atoms with Gasteiger partial charge in [-0.15, -0.1) is 6.42 Å². The lowest BCUT2D eigenvalue weighted by Gasteiger charge is -2.08. The van der Waals surface area contributed by atoms with Crippen LogP contribution in [0.15, 0.2) is 30.3 Å². The van der Waals surface area contributed by atoms with E-state index < -0.39 is 0 Å². The molecule has 0 bridgehead atoms. The number of hydrogen-bond donors (Lipinski definition) is 0. The molecule has 2 heteroatoms. The number of nitrogens with zero attached hydrogens (tertiary/aromatic N) is 1. The van der Waals surface area contributed by atoms with E-state index >= 15 is 0 Å². The third kappa shape index (κ3) is 4.44. The molecule has 0 fully saturated rings. The second-order valence-corrected chi connectivity index (χ2v) is 3.36. The van der Waals surface area contributed by atoms with E-state index in [4.69, 9.17) is 6.42 Å². The summed E-state index contributed by atoms with van der Waals surface area (Å²) in [5, 5.41) is 0. The minimum Gasteiger partial charge on any atom is -0.292 e. The Morgan fingerprint density at radius 2 is 2.33 bits per heavy atom. The van der Waals surface area contributed by atoms with Gasteiger partial charge in [-0.2, -0.15) is 0 Å². The molecule has 0 unspecified atom stereocenters. The van der Waals surface area contributed by atoms with E-state index in [2.05, 4.69) is 5.92 Å². The molecule has 0 aliphatic heterocycles. The first-order valence-electron chi connectivity index (χ1n) is 4.76. The predicted molar refractivity (Wildman–Crippen MR) is 61.8 cm³/mol. The van der Waals surface area contributed by atoms with Crippen molar-refractivity contribution in [1.82, 2.24) is 4.90 Å². The number of benzene rings is 1. The summed E-state index contributed by atoms with van der Waals surface area (Å²) in [6.45, 7) is 1.38. The van der Waals surface area contributed by atoms with Crippen LogP contribution >= 0.6 is 0 Å². The second kappa shape index (κ2) is 6.00. The Kier molecular flexibility index (Phi) is 4.59. The van der Waals surface area contributed by atoms with Gasteiger partial charge >= 0.3 is 0 Å². The highest BCUT2D eigenvalue weighted by molar-refractivity contribution is 5.49. The summed E-state index contributed by atoms with van der Waals surface area (Å²) in [6, 6.07) is 6.49. The van der Waals surface area contributed by atoms with Gasteiger partial charge in [0.25, 0.3) is 0 Å². The molecule has 1 aromatic rings. The lowest BCUT2D eigenvalue weighted by Crippen LogP contribution is -2.17. The molecular weight excluding hydrogens is 189 g/mol. The van der Waals surface area contributed by atoms with Crippen LogP contribution in [0.3, 0.4) is 0 Å². The molecule has 1 nitrogen and oxygen atoms in total. The zero-order valence-electron chi connectivity index (χ0n) is 8.78. The fourth-order valence-electron chi connectivity index (χ4n) is 1.20. The molecule has 0 saturated heterocycles. The van der Waals surface area contributed by atoms with Crippen molar-refractivity contribution in [3.63, 3.8) is 0 Å². The van der Waals surface area contributed by atoms with Crippen LogP contribution in [0.25, 0.3) is 6.08 Å². The molecule has 0 N–H and O–H groups in total. The summed E-state index contributed by atoms with van der Waals surface area (Å²) in [4.78, 5) is 2.00. The molecule has 1 aromatic carbocycles. The fourth-order valence-corrected chi connectivity index (χ4v) is 1.20. The average Bonchev–Trinajstić information content (AvgIpc) is 2.18. The summed E-state index contributed by atoms with van der Waals surface area (Å²) >= 11 is 0. The molecule has 0 saturated carbocycles. The van der Waals surface area contributed by atoms with Crippen molar-refractivity contribution in [2.75, 3.05) is 20.1 Å². The van der Waals surface area contributed by atoms with Gasteiger partial charge in [0.15, 0.2) is 0 Å². The van der Waals surface area contributed by atoms with E-state index in [1.807, 2.05) is 30.2 Å². The highest BCUT2D eigenvalue weighted by atomic mass is 19.1. The highest BCUT2D eigenvalue weighted by Crippen LogP contribution is 2.05. The number of hydrogen-bond acceptors (Lipinski definition) is 1. The zero-order chi connectivity index (χ0) is 11.1. The molecule has 0 spiro atoms. The molecule has 0 heterocycles. The Hall–Kier alpha value is -1.59. The summed E-state index contributed by atoms with van der Waals surface area (Å²) in [5.41, 5.74) is 0.865. The van der Waals surface area contributed by atoms with E-state index in [1.54, 1.807) is 6.07 Å². The van der Waals surface area contributed by atoms with E-state index in [-0.39, 0.29) is 5.82 Å². The third-order valence-electron chi connectivity index (χ3n) is 1.94. The largest absolute Gasteiger partial charge is 0.292 e. The van der Waals surface area contributed by atoms with Crippen LogP contribution in [0.1, 0.15) is 5.56 Å². The maximum atomic E-state index is 12.8. The molecule has 0 atom stereocenters. The van der Waals surface area contributed by atoms with Crippen LogP contribution in [0.5, 0.6) is 0 Å². The monoisotopic (exact) mass is 203 g/mol. The molecule has 0 aliphatic carbocycles. The summed E-state index contributed by atoms with van der Waals surface area (Å²) in [6.07, 6.45) is 9.02. The van der Waals surface area contributed by atoms with Crippen molar-refractivity contribution in [3.05, 3.63) is 41.7 Å². The molecule has 0 aromatic heterocycles. The van der Waals surface area contributed by atoms with Crippen molar-refractivity contribution >= 4 is 6.08 Å². The first-order chi connectivity index (χ1) is 7.22. The van der Waals surface area contributed by atoms with E-state index in [0.717, 1.165) is 12.1 Å². The number of terminal acetylenes is 1. The average molecular weight is 203 g/mol. The molecular formula is C13H14FN. The fraction of sp³-hybridized carbons (Fsp3) is 0.231. The van der Waals surface area contributed by atoms with Crippen LogP contribution in [0.4, 0.5) is 4.39 Å². The number of likely N-dealkylation sites (N-methyl/N-ethyl adjacent to an activating group) is 1. The van der Waals surface area contributed by atoms with E-state index in [9.17, 15) is 4.39 Å².